The van der Waals surface area contributed by atoms with Crippen molar-refractivity contribution in [3.63, 3.8) is 0 Å². The van der Waals surface area contributed by atoms with E-state index in [0.717, 1.165) is 41.5 Å². The Kier molecular flexibility index (Phi) is 5.93. The molecule has 3 heterocycles. The van der Waals surface area contributed by atoms with Gasteiger partial charge in [0.2, 0.25) is 5.91 Å². The number of fused-ring (bicyclic) bond motifs is 1. The average molecular weight is 467 g/mol. The summed E-state index contributed by atoms with van der Waals surface area (Å²) < 4.78 is 33.3. The molecule has 0 radical (unpaired) electrons. The molecule has 2 aliphatic rings. The highest BCUT2D eigenvalue weighted by atomic mass is 19.3. The standard InChI is InChI=1S/C26H28F2N4O2/c1-16-7-8-20-21(15-16)30-23(19-6-3-2-5-18(19)22(27)28)31-24(20)32-12-9-17(10-13-32)26(25(29)33)11-4-14-34-26/h2-3,5-8,15,17,22H,4,9-14H2,1H3,(H2,29,33)/t26-/m1/s1. The van der Waals surface area contributed by atoms with Crippen molar-refractivity contribution in [2.45, 2.75) is 44.6 Å². The third kappa shape index (κ3) is 3.90. The number of carbonyl (C=O) groups excluding carboxylic acids is 1. The van der Waals surface area contributed by atoms with Gasteiger partial charge in [0.15, 0.2) is 5.82 Å². The minimum atomic E-state index is -2.62. The monoisotopic (exact) mass is 466 g/mol. The van der Waals surface area contributed by atoms with E-state index in [0.29, 0.717) is 37.5 Å². The fraction of sp³-hybridized carbons (Fsp3) is 0.423. The van der Waals surface area contributed by atoms with Gasteiger partial charge < -0.3 is 15.4 Å². The van der Waals surface area contributed by atoms with Gasteiger partial charge in [0, 0.05) is 42.1 Å². The van der Waals surface area contributed by atoms with Crippen molar-refractivity contribution in [3.8, 4) is 11.4 Å². The van der Waals surface area contributed by atoms with E-state index >= 15 is 0 Å². The van der Waals surface area contributed by atoms with Crippen LogP contribution in [0.15, 0.2) is 42.5 Å². The fourth-order valence-corrected chi connectivity index (χ4v) is 5.41. The van der Waals surface area contributed by atoms with Gasteiger partial charge in [-0.2, -0.15) is 0 Å². The molecule has 178 valence electrons. The number of piperidine rings is 1. The van der Waals surface area contributed by atoms with Crippen LogP contribution in [0.1, 0.15) is 43.2 Å². The minimum absolute atomic E-state index is 0.0538. The Bertz CT molecular complexity index is 1220. The van der Waals surface area contributed by atoms with Crippen LogP contribution in [-0.4, -0.2) is 41.2 Å². The normalized spacial score (nSPS) is 21.5. The van der Waals surface area contributed by atoms with Gasteiger partial charge in [-0.15, -0.1) is 0 Å². The minimum Gasteiger partial charge on any atom is -0.367 e. The highest BCUT2D eigenvalue weighted by Crippen LogP contribution is 2.40. The number of primary amides is 1. The van der Waals surface area contributed by atoms with Gasteiger partial charge in [-0.3, -0.25) is 4.79 Å². The summed E-state index contributed by atoms with van der Waals surface area (Å²) in [5.74, 6) is 0.692. The van der Waals surface area contributed by atoms with Crippen molar-refractivity contribution in [2.75, 3.05) is 24.6 Å². The van der Waals surface area contributed by atoms with Crippen molar-refractivity contribution in [2.24, 2.45) is 11.7 Å². The van der Waals surface area contributed by atoms with Crippen LogP contribution in [0, 0.1) is 12.8 Å². The van der Waals surface area contributed by atoms with Gasteiger partial charge in [-0.25, -0.2) is 18.7 Å². The van der Waals surface area contributed by atoms with Crippen LogP contribution in [0.2, 0.25) is 0 Å². The number of carbonyl (C=O) groups is 1. The third-order valence-corrected chi connectivity index (χ3v) is 7.19. The SMILES string of the molecule is Cc1ccc2c(N3CCC([C@@]4(C(N)=O)CCCO4)CC3)nc(-c3ccccc3C(F)F)nc2c1. The lowest BCUT2D eigenvalue weighted by molar-refractivity contribution is -0.145. The Labute approximate surface area is 197 Å². The molecule has 6 nitrogen and oxygen atoms in total. The van der Waals surface area contributed by atoms with Gasteiger partial charge >= 0.3 is 0 Å². The van der Waals surface area contributed by atoms with Gasteiger partial charge in [0.1, 0.15) is 11.4 Å². The summed E-state index contributed by atoms with van der Waals surface area (Å²) in [5, 5.41) is 0.879. The molecule has 1 atom stereocenters. The molecule has 1 aromatic heterocycles. The Morgan fingerprint density at radius 1 is 1.18 bits per heavy atom. The molecule has 0 bridgehead atoms. The summed E-state index contributed by atoms with van der Waals surface area (Å²) in [5.41, 5.74) is 6.89. The van der Waals surface area contributed by atoms with Crippen LogP contribution in [0.3, 0.4) is 0 Å². The maximum atomic E-state index is 13.7. The molecule has 0 unspecified atom stereocenters. The van der Waals surface area contributed by atoms with Crippen LogP contribution in [0.25, 0.3) is 22.3 Å². The molecule has 0 aliphatic carbocycles. The van der Waals surface area contributed by atoms with E-state index in [4.69, 9.17) is 15.5 Å². The molecule has 0 saturated carbocycles. The van der Waals surface area contributed by atoms with Crippen LogP contribution >= 0.6 is 0 Å². The first-order valence-electron chi connectivity index (χ1n) is 11.7. The van der Waals surface area contributed by atoms with Gasteiger partial charge in [-0.05, 0) is 50.3 Å². The quantitative estimate of drug-likeness (QED) is 0.585. The largest absolute Gasteiger partial charge is 0.367 e. The van der Waals surface area contributed by atoms with E-state index in [9.17, 15) is 13.6 Å². The number of aryl methyl sites for hydroxylation is 1. The van der Waals surface area contributed by atoms with E-state index in [-0.39, 0.29) is 17.4 Å². The van der Waals surface area contributed by atoms with Crippen LogP contribution in [0.5, 0.6) is 0 Å². The molecule has 2 aromatic carbocycles. The number of ether oxygens (including phenoxy) is 1. The van der Waals surface area contributed by atoms with Crippen LogP contribution in [-0.2, 0) is 9.53 Å². The zero-order chi connectivity index (χ0) is 23.9. The molecule has 2 saturated heterocycles. The Hall–Kier alpha value is -3.13. The van der Waals surface area contributed by atoms with E-state index in [1.165, 1.54) is 6.07 Å². The summed E-state index contributed by atoms with van der Waals surface area (Å²) in [6.07, 6.45) is 0.360. The van der Waals surface area contributed by atoms with Gasteiger partial charge in [0.25, 0.3) is 6.43 Å². The lowest BCUT2D eigenvalue weighted by atomic mass is 9.78. The molecule has 5 rings (SSSR count). The van der Waals surface area contributed by atoms with E-state index in [2.05, 4.69) is 9.88 Å². The Balaban J connectivity index is 1.52. The Morgan fingerprint density at radius 2 is 1.94 bits per heavy atom. The average Bonchev–Trinajstić information content (AvgIpc) is 3.35. The summed E-state index contributed by atoms with van der Waals surface area (Å²) in [6, 6.07) is 12.3. The predicted octanol–water partition coefficient (Wildman–Crippen LogP) is 4.79. The zero-order valence-corrected chi connectivity index (χ0v) is 19.1. The number of hydrogen-bond donors (Lipinski definition) is 1. The zero-order valence-electron chi connectivity index (χ0n) is 19.1. The summed E-state index contributed by atoms with van der Waals surface area (Å²) in [7, 11) is 0. The summed E-state index contributed by atoms with van der Waals surface area (Å²) >= 11 is 0. The number of halogens is 2. The maximum absolute atomic E-state index is 13.7. The molecule has 8 heteroatoms. The number of nitrogens with zero attached hydrogens (tertiary/aromatic N) is 3. The molecule has 34 heavy (non-hydrogen) atoms. The highest BCUT2D eigenvalue weighted by Gasteiger charge is 2.48. The summed E-state index contributed by atoms with van der Waals surface area (Å²) in [4.78, 5) is 23.9. The first-order chi connectivity index (χ1) is 16.4. The second-order valence-corrected chi connectivity index (χ2v) is 9.25. The number of hydrogen-bond acceptors (Lipinski definition) is 5. The van der Waals surface area contributed by atoms with E-state index in [1.54, 1.807) is 18.2 Å². The lowest BCUT2D eigenvalue weighted by Gasteiger charge is -2.40. The number of amides is 1. The highest BCUT2D eigenvalue weighted by molar-refractivity contribution is 5.92. The van der Waals surface area contributed by atoms with Crippen molar-refractivity contribution < 1.29 is 18.3 Å². The van der Waals surface area contributed by atoms with Crippen molar-refractivity contribution in [1.82, 2.24) is 9.97 Å². The summed E-state index contributed by atoms with van der Waals surface area (Å²) in [6.45, 7) is 3.87. The van der Waals surface area contributed by atoms with Gasteiger partial charge in [-0.1, -0.05) is 30.3 Å². The topological polar surface area (TPSA) is 81.3 Å². The number of benzene rings is 2. The van der Waals surface area contributed by atoms with Crippen molar-refractivity contribution in [1.29, 1.82) is 0 Å². The fourth-order valence-electron chi connectivity index (χ4n) is 5.41. The molecule has 2 aliphatic heterocycles. The number of rotatable bonds is 5. The van der Waals surface area contributed by atoms with Gasteiger partial charge in [0.05, 0.1) is 5.52 Å². The number of alkyl halides is 2. The Morgan fingerprint density at radius 3 is 2.62 bits per heavy atom. The first kappa shape index (κ1) is 22.7. The van der Waals surface area contributed by atoms with E-state index in [1.807, 2.05) is 25.1 Å². The maximum Gasteiger partial charge on any atom is 0.264 e. The molecular weight excluding hydrogens is 438 g/mol. The number of nitrogens with two attached hydrogens (primary N) is 1. The number of aromatic nitrogens is 2. The van der Waals surface area contributed by atoms with Crippen LogP contribution in [0.4, 0.5) is 14.6 Å². The second kappa shape index (κ2) is 8.91. The van der Waals surface area contributed by atoms with E-state index < -0.39 is 12.0 Å². The number of anilines is 1. The second-order valence-electron chi connectivity index (χ2n) is 9.25. The molecule has 2 fully saturated rings. The van der Waals surface area contributed by atoms with Crippen molar-refractivity contribution >= 4 is 22.6 Å². The molecule has 1 amide bonds. The predicted molar refractivity (Wildman–Crippen MR) is 127 cm³/mol. The molecule has 0 spiro atoms. The van der Waals surface area contributed by atoms with Crippen LogP contribution < -0.4 is 10.6 Å². The lowest BCUT2D eigenvalue weighted by Crippen LogP contribution is -2.53. The first-order valence-corrected chi connectivity index (χ1v) is 11.7. The molecule has 3 aromatic rings. The molecule has 2 N–H and O–H groups in total. The smallest absolute Gasteiger partial charge is 0.264 e. The van der Waals surface area contributed by atoms with Crippen molar-refractivity contribution in [3.05, 3.63) is 53.6 Å². The molecular formula is C26H28F2N4O2. The third-order valence-electron chi connectivity index (χ3n) is 7.19.